The van der Waals surface area contributed by atoms with Gasteiger partial charge in [-0.3, -0.25) is 9.59 Å². The normalized spacial score (nSPS) is 18.7. The highest BCUT2D eigenvalue weighted by atomic mass is 16.5. The molecule has 0 aliphatic heterocycles. The first-order chi connectivity index (χ1) is 11.6. The molecule has 1 unspecified atom stereocenters. The SMILES string of the molecule is C=C1CC(=O)c2cc(Oc3ccc4c(c3)C(=O)CC4OC)ccc21. The Balaban J connectivity index is 1.64. The van der Waals surface area contributed by atoms with E-state index in [2.05, 4.69) is 6.58 Å². The molecule has 24 heavy (non-hydrogen) atoms. The monoisotopic (exact) mass is 320 g/mol. The largest absolute Gasteiger partial charge is 0.457 e. The van der Waals surface area contributed by atoms with Gasteiger partial charge in [0, 0.05) is 31.1 Å². The van der Waals surface area contributed by atoms with Gasteiger partial charge in [-0.2, -0.15) is 0 Å². The molecule has 2 aromatic carbocycles. The van der Waals surface area contributed by atoms with Gasteiger partial charge in [0.05, 0.1) is 6.10 Å². The lowest BCUT2D eigenvalue weighted by Crippen LogP contribution is -1.96. The highest BCUT2D eigenvalue weighted by Gasteiger charge is 2.29. The Morgan fingerprint density at radius 2 is 1.67 bits per heavy atom. The zero-order chi connectivity index (χ0) is 16.8. The standard InChI is InChI=1S/C20H16O4/c1-11-7-18(21)16-8-12(3-5-14(11)16)24-13-4-6-15-17(9-13)19(22)10-20(15)23-2/h3-6,8-9,20H,1,7,10H2,2H3. The Bertz CT molecular complexity index is 895. The van der Waals surface area contributed by atoms with Crippen molar-refractivity contribution in [3.8, 4) is 11.5 Å². The molecule has 0 aromatic heterocycles. The van der Waals surface area contributed by atoms with Crippen LogP contribution in [-0.2, 0) is 4.74 Å². The Hall–Kier alpha value is -2.72. The van der Waals surface area contributed by atoms with E-state index in [4.69, 9.17) is 9.47 Å². The van der Waals surface area contributed by atoms with E-state index >= 15 is 0 Å². The lowest BCUT2D eigenvalue weighted by Gasteiger charge is -2.10. The number of fused-ring (bicyclic) bond motifs is 2. The quantitative estimate of drug-likeness (QED) is 0.843. The first-order valence-electron chi connectivity index (χ1n) is 7.80. The number of methoxy groups -OCH3 is 1. The van der Waals surface area contributed by atoms with Gasteiger partial charge in [0.15, 0.2) is 11.6 Å². The summed E-state index contributed by atoms with van der Waals surface area (Å²) in [5.74, 6) is 1.27. The Labute approximate surface area is 139 Å². The van der Waals surface area contributed by atoms with Crippen LogP contribution in [0.4, 0.5) is 0 Å². The second-order valence-electron chi connectivity index (χ2n) is 6.11. The van der Waals surface area contributed by atoms with Gasteiger partial charge < -0.3 is 9.47 Å². The summed E-state index contributed by atoms with van der Waals surface area (Å²) in [5, 5.41) is 0. The molecular weight excluding hydrogens is 304 g/mol. The van der Waals surface area contributed by atoms with E-state index in [0.717, 1.165) is 16.7 Å². The average Bonchev–Trinajstić information content (AvgIpc) is 3.04. The summed E-state index contributed by atoms with van der Waals surface area (Å²) in [6.07, 6.45) is 0.556. The summed E-state index contributed by atoms with van der Waals surface area (Å²) in [6, 6.07) is 10.8. The molecule has 0 amide bonds. The third kappa shape index (κ3) is 2.27. The van der Waals surface area contributed by atoms with E-state index in [-0.39, 0.29) is 17.7 Å². The molecule has 4 nitrogen and oxygen atoms in total. The van der Waals surface area contributed by atoms with Crippen molar-refractivity contribution in [3.05, 3.63) is 65.2 Å². The van der Waals surface area contributed by atoms with Crippen LogP contribution >= 0.6 is 0 Å². The third-order valence-corrected chi connectivity index (χ3v) is 4.61. The highest BCUT2D eigenvalue weighted by molar-refractivity contribution is 6.11. The number of Topliss-reactive ketones (excluding diaryl/α,β-unsaturated/α-hetero) is 2. The van der Waals surface area contributed by atoms with Gasteiger partial charge in [-0.25, -0.2) is 0 Å². The van der Waals surface area contributed by atoms with E-state index < -0.39 is 0 Å². The van der Waals surface area contributed by atoms with Gasteiger partial charge in [0.25, 0.3) is 0 Å². The molecule has 0 N–H and O–H groups in total. The fourth-order valence-corrected chi connectivity index (χ4v) is 3.37. The minimum absolute atomic E-state index is 0.0581. The minimum Gasteiger partial charge on any atom is -0.457 e. The number of hydrogen-bond acceptors (Lipinski definition) is 4. The van der Waals surface area contributed by atoms with Gasteiger partial charge in [0.2, 0.25) is 0 Å². The summed E-state index contributed by atoms with van der Waals surface area (Å²) in [6.45, 7) is 3.91. The van der Waals surface area contributed by atoms with Crippen LogP contribution in [0.5, 0.6) is 11.5 Å². The first-order valence-corrected chi connectivity index (χ1v) is 7.80. The number of carbonyl (C=O) groups excluding carboxylic acids is 2. The summed E-state index contributed by atoms with van der Waals surface area (Å²) in [5.41, 5.74) is 3.92. The molecule has 0 fully saturated rings. The number of ether oxygens (including phenoxy) is 2. The van der Waals surface area contributed by atoms with Gasteiger partial charge >= 0.3 is 0 Å². The van der Waals surface area contributed by atoms with Crippen molar-refractivity contribution in [2.24, 2.45) is 0 Å². The molecule has 2 aliphatic rings. The van der Waals surface area contributed by atoms with E-state index in [1.807, 2.05) is 24.3 Å². The van der Waals surface area contributed by atoms with Gasteiger partial charge in [-0.05, 0) is 41.0 Å². The van der Waals surface area contributed by atoms with E-state index in [1.54, 1.807) is 19.2 Å². The number of benzene rings is 2. The summed E-state index contributed by atoms with van der Waals surface area (Å²) < 4.78 is 11.2. The number of allylic oxidation sites excluding steroid dienone is 1. The second-order valence-corrected chi connectivity index (χ2v) is 6.11. The van der Waals surface area contributed by atoms with Crippen LogP contribution in [0.1, 0.15) is 50.8 Å². The van der Waals surface area contributed by atoms with Crippen LogP contribution in [0.2, 0.25) is 0 Å². The van der Waals surface area contributed by atoms with Crippen LogP contribution < -0.4 is 4.74 Å². The minimum atomic E-state index is -0.176. The average molecular weight is 320 g/mol. The van der Waals surface area contributed by atoms with Crippen molar-refractivity contribution in [2.75, 3.05) is 7.11 Å². The number of hydrogen-bond donors (Lipinski definition) is 0. The molecule has 0 heterocycles. The van der Waals surface area contributed by atoms with Crippen molar-refractivity contribution < 1.29 is 19.1 Å². The third-order valence-electron chi connectivity index (χ3n) is 4.61. The lowest BCUT2D eigenvalue weighted by atomic mass is 10.1. The molecule has 4 heteroatoms. The van der Waals surface area contributed by atoms with Crippen molar-refractivity contribution in [1.29, 1.82) is 0 Å². The highest BCUT2D eigenvalue weighted by Crippen LogP contribution is 2.38. The molecule has 2 aromatic rings. The molecule has 2 aliphatic carbocycles. The molecule has 0 saturated carbocycles. The van der Waals surface area contributed by atoms with Crippen molar-refractivity contribution >= 4 is 17.1 Å². The Kier molecular flexibility index (Phi) is 3.36. The molecular formula is C20H16O4. The van der Waals surface area contributed by atoms with E-state index in [9.17, 15) is 9.59 Å². The van der Waals surface area contributed by atoms with Crippen LogP contribution in [0.25, 0.3) is 5.57 Å². The topological polar surface area (TPSA) is 52.6 Å². The molecule has 1 atom stereocenters. The molecule has 0 spiro atoms. The summed E-state index contributed by atoms with van der Waals surface area (Å²) in [4.78, 5) is 24.1. The van der Waals surface area contributed by atoms with Crippen LogP contribution in [0, 0.1) is 0 Å². The lowest BCUT2D eigenvalue weighted by molar-refractivity contribution is 0.0811. The maximum atomic E-state index is 12.1. The maximum absolute atomic E-state index is 12.1. The number of carbonyl (C=O) groups is 2. The van der Waals surface area contributed by atoms with Crippen molar-refractivity contribution in [3.63, 3.8) is 0 Å². The maximum Gasteiger partial charge on any atom is 0.167 e. The zero-order valence-corrected chi connectivity index (χ0v) is 13.3. The van der Waals surface area contributed by atoms with Gasteiger partial charge in [-0.1, -0.05) is 18.7 Å². The van der Waals surface area contributed by atoms with Crippen LogP contribution in [0.3, 0.4) is 0 Å². The number of rotatable bonds is 3. The molecule has 0 saturated heterocycles. The fourth-order valence-electron chi connectivity index (χ4n) is 3.37. The summed E-state index contributed by atoms with van der Waals surface area (Å²) in [7, 11) is 1.60. The molecule has 120 valence electrons. The van der Waals surface area contributed by atoms with Crippen LogP contribution in [-0.4, -0.2) is 18.7 Å². The first kappa shape index (κ1) is 14.8. The van der Waals surface area contributed by atoms with Crippen molar-refractivity contribution in [1.82, 2.24) is 0 Å². The Morgan fingerprint density at radius 3 is 2.42 bits per heavy atom. The van der Waals surface area contributed by atoms with E-state index in [0.29, 0.717) is 35.5 Å². The number of ketones is 2. The second kappa shape index (κ2) is 5.42. The predicted octanol–water partition coefficient (Wildman–Crippen LogP) is 4.35. The fraction of sp³-hybridized carbons (Fsp3) is 0.200. The van der Waals surface area contributed by atoms with Gasteiger partial charge in [-0.15, -0.1) is 0 Å². The van der Waals surface area contributed by atoms with Crippen molar-refractivity contribution in [2.45, 2.75) is 18.9 Å². The smallest absolute Gasteiger partial charge is 0.167 e. The summed E-state index contributed by atoms with van der Waals surface area (Å²) >= 11 is 0. The predicted molar refractivity (Wildman–Crippen MR) is 89.6 cm³/mol. The van der Waals surface area contributed by atoms with Gasteiger partial charge in [0.1, 0.15) is 11.5 Å². The molecule has 0 bridgehead atoms. The van der Waals surface area contributed by atoms with E-state index in [1.165, 1.54) is 0 Å². The molecule has 4 rings (SSSR count). The Morgan fingerprint density at radius 1 is 0.958 bits per heavy atom. The molecule has 0 radical (unpaired) electrons. The van der Waals surface area contributed by atoms with Crippen LogP contribution in [0.15, 0.2) is 43.0 Å². The zero-order valence-electron chi connectivity index (χ0n) is 13.3.